The first-order valence-corrected chi connectivity index (χ1v) is 4.58. The Bertz CT molecular complexity index is 181. The topological polar surface area (TPSA) is 17.1 Å². The summed E-state index contributed by atoms with van der Waals surface area (Å²) in [6.07, 6.45) is -3.71. The first-order valence-electron chi connectivity index (χ1n) is 3.60. The summed E-state index contributed by atoms with van der Waals surface area (Å²) < 4.78 is 47.7. The predicted molar refractivity (Wildman–Crippen MR) is 43.3 cm³/mol. The summed E-state index contributed by atoms with van der Waals surface area (Å²) in [5, 5.41) is -0.500. The molecule has 0 spiro atoms. The first kappa shape index (κ1) is 12.7. The number of hydrogen-bond donors (Lipinski definition) is 0. The molecule has 1 nitrogen and oxygen atoms in total. The van der Waals surface area contributed by atoms with Gasteiger partial charge in [-0.1, -0.05) is 25.6 Å². The van der Waals surface area contributed by atoms with Crippen LogP contribution in [0.4, 0.5) is 17.6 Å². The van der Waals surface area contributed by atoms with E-state index in [0.29, 0.717) is 0 Å². The van der Waals surface area contributed by atoms with E-state index in [1.54, 1.807) is 0 Å². The summed E-state index contributed by atoms with van der Waals surface area (Å²) in [4.78, 5) is 10.8. The maximum Gasteiger partial charge on any atom is 0.316 e. The van der Waals surface area contributed by atoms with Crippen molar-refractivity contribution in [3.63, 3.8) is 0 Å². The van der Waals surface area contributed by atoms with Crippen LogP contribution in [0.5, 0.6) is 0 Å². The zero-order chi connectivity index (χ0) is 10.6. The van der Waals surface area contributed by atoms with Crippen LogP contribution in [0.15, 0.2) is 0 Å². The predicted octanol–water partition coefficient (Wildman–Crippen LogP) is 2.80. The fraction of sp³-hybridized carbons (Fsp3) is 0.857. The minimum absolute atomic E-state index is 0.251. The van der Waals surface area contributed by atoms with Crippen LogP contribution in [0.2, 0.25) is 0 Å². The fourth-order valence-corrected chi connectivity index (χ4v) is 1.19. The van der Waals surface area contributed by atoms with Crippen molar-refractivity contribution in [3.05, 3.63) is 0 Å². The van der Waals surface area contributed by atoms with E-state index in [4.69, 9.17) is 0 Å². The largest absolute Gasteiger partial charge is 0.316 e. The molecular formula is C7H10F4OS. The second kappa shape index (κ2) is 4.83. The Labute approximate surface area is 77.9 Å². The molecule has 0 rings (SSSR count). The lowest BCUT2D eigenvalue weighted by Gasteiger charge is -2.14. The zero-order valence-corrected chi connectivity index (χ0v) is 8.01. The summed E-state index contributed by atoms with van der Waals surface area (Å²) >= 11 is 0.251. The summed E-state index contributed by atoms with van der Waals surface area (Å²) in [7, 11) is 0. The van der Waals surface area contributed by atoms with Crippen LogP contribution < -0.4 is 0 Å². The van der Waals surface area contributed by atoms with Gasteiger partial charge in [-0.15, -0.1) is 0 Å². The highest BCUT2D eigenvalue weighted by Crippen LogP contribution is 2.28. The van der Waals surface area contributed by atoms with Gasteiger partial charge in [0.15, 0.2) is 5.12 Å². The highest BCUT2D eigenvalue weighted by molar-refractivity contribution is 8.13. The van der Waals surface area contributed by atoms with Gasteiger partial charge in [0, 0.05) is 5.92 Å². The van der Waals surface area contributed by atoms with Crippen molar-refractivity contribution in [1.29, 1.82) is 0 Å². The van der Waals surface area contributed by atoms with Gasteiger partial charge in [0.1, 0.15) is 0 Å². The van der Waals surface area contributed by atoms with Gasteiger partial charge >= 0.3 is 12.3 Å². The van der Waals surface area contributed by atoms with Crippen molar-refractivity contribution in [1.82, 2.24) is 0 Å². The Hall–Kier alpha value is -0.260. The Balaban J connectivity index is 3.95. The molecule has 6 heteroatoms. The smallest absolute Gasteiger partial charge is 0.287 e. The molecule has 0 saturated carbocycles. The van der Waals surface area contributed by atoms with Gasteiger partial charge in [0.05, 0.1) is 5.75 Å². The van der Waals surface area contributed by atoms with E-state index in [-0.39, 0.29) is 11.8 Å². The van der Waals surface area contributed by atoms with Gasteiger partial charge in [-0.3, -0.25) is 4.79 Å². The van der Waals surface area contributed by atoms with E-state index < -0.39 is 29.1 Å². The molecule has 0 aliphatic heterocycles. The molecule has 0 aromatic heterocycles. The van der Waals surface area contributed by atoms with Crippen LogP contribution in [0, 0.1) is 5.92 Å². The molecule has 0 unspecified atom stereocenters. The maximum absolute atomic E-state index is 12.2. The Morgan fingerprint density at radius 3 is 2.15 bits per heavy atom. The minimum atomic E-state index is -4.07. The van der Waals surface area contributed by atoms with Crippen LogP contribution in [-0.4, -0.2) is 23.2 Å². The molecule has 0 saturated heterocycles. The van der Waals surface area contributed by atoms with Crippen molar-refractivity contribution in [3.8, 4) is 0 Å². The molecule has 0 fully saturated rings. The van der Waals surface area contributed by atoms with Gasteiger partial charge in [0.25, 0.3) is 0 Å². The van der Waals surface area contributed by atoms with Gasteiger partial charge in [-0.05, 0) is 0 Å². The number of thioether (sulfide) groups is 1. The monoisotopic (exact) mass is 218 g/mol. The SMILES string of the molecule is CC(C)C(=O)SCC(F)(F)C(F)F. The first-order chi connectivity index (χ1) is 5.77. The molecule has 0 amide bonds. The summed E-state index contributed by atoms with van der Waals surface area (Å²) in [5.74, 6) is -5.64. The van der Waals surface area contributed by atoms with Crippen molar-refractivity contribution in [2.45, 2.75) is 26.2 Å². The standard InChI is InChI=1S/C7H10F4OS/c1-4(2)5(12)13-3-7(10,11)6(8)9/h4,6H,3H2,1-2H3. The van der Waals surface area contributed by atoms with E-state index in [0.717, 1.165) is 0 Å². The molecule has 0 radical (unpaired) electrons. The lowest BCUT2D eigenvalue weighted by Crippen LogP contribution is -2.30. The number of alkyl halides is 4. The average molecular weight is 218 g/mol. The van der Waals surface area contributed by atoms with Crippen molar-refractivity contribution in [2.24, 2.45) is 5.92 Å². The third-order valence-corrected chi connectivity index (χ3v) is 2.48. The second-order valence-corrected chi connectivity index (χ2v) is 3.80. The molecule has 0 aromatic rings. The normalized spacial score (nSPS) is 12.6. The van der Waals surface area contributed by atoms with Gasteiger partial charge in [0.2, 0.25) is 0 Å². The average Bonchev–Trinajstić information content (AvgIpc) is 1.99. The van der Waals surface area contributed by atoms with Crippen molar-refractivity contribution >= 4 is 16.9 Å². The third kappa shape index (κ3) is 4.50. The highest BCUT2D eigenvalue weighted by Gasteiger charge is 2.41. The molecule has 78 valence electrons. The third-order valence-electron chi connectivity index (χ3n) is 1.20. The number of carbonyl (C=O) groups is 1. The van der Waals surface area contributed by atoms with E-state index in [2.05, 4.69) is 0 Å². The van der Waals surface area contributed by atoms with Gasteiger partial charge in [-0.2, -0.15) is 8.78 Å². The molecule has 0 aliphatic rings. The van der Waals surface area contributed by atoms with Crippen LogP contribution in [-0.2, 0) is 4.79 Å². The van der Waals surface area contributed by atoms with E-state index >= 15 is 0 Å². The summed E-state index contributed by atoms with van der Waals surface area (Å²) in [6, 6.07) is 0. The molecule has 0 N–H and O–H groups in total. The van der Waals surface area contributed by atoms with Crippen molar-refractivity contribution in [2.75, 3.05) is 5.75 Å². The Morgan fingerprint density at radius 2 is 1.85 bits per heavy atom. The zero-order valence-electron chi connectivity index (χ0n) is 7.19. The van der Waals surface area contributed by atoms with E-state index in [1.165, 1.54) is 13.8 Å². The second-order valence-electron chi connectivity index (χ2n) is 2.82. The Kier molecular flexibility index (Phi) is 4.74. The van der Waals surface area contributed by atoms with Crippen LogP contribution in [0.25, 0.3) is 0 Å². The van der Waals surface area contributed by atoms with Gasteiger partial charge in [-0.25, -0.2) is 8.78 Å². The van der Waals surface area contributed by atoms with Crippen molar-refractivity contribution < 1.29 is 22.4 Å². The molecule has 13 heavy (non-hydrogen) atoms. The Morgan fingerprint density at radius 1 is 1.38 bits per heavy atom. The number of hydrogen-bond acceptors (Lipinski definition) is 2. The lowest BCUT2D eigenvalue weighted by molar-refractivity contribution is -0.115. The summed E-state index contributed by atoms with van der Waals surface area (Å²) in [5.41, 5.74) is 0. The maximum atomic E-state index is 12.2. The summed E-state index contributed by atoms with van der Waals surface area (Å²) in [6.45, 7) is 3.05. The molecule has 0 aliphatic carbocycles. The van der Waals surface area contributed by atoms with Gasteiger partial charge < -0.3 is 0 Å². The van der Waals surface area contributed by atoms with Crippen LogP contribution in [0.1, 0.15) is 13.8 Å². The number of rotatable bonds is 4. The highest BCUT2D eigenvalue weighted by atomic mass is 32.2. The fourth-order valence-electron chi connectivity index (χ4n) is 0.397. The lowest BCUT2D eigenvalue weighted by atomic mass is 10.3. The number of carbonyl (C=O) groups excluding carboxylic acids is 1. The molecule has 0 bridgehead atoms. The molecular weight excluding hydrogens is 208 g/mol. The molecule has 0 aromatic carbocycles. The van der Waals surface area contributed by atoms with Crippen LogP contribution in [0.3, 0.4) is 0 Å². The molecule has 0 heterocycles. The number of halogens is 4. The van der Waals surface area contributed by atoms with Crippen LogP contribution >= 0.6 is 11.8 Å². The quantitative estimate of drug-likeness (QED) is 0.675. The molecule has 0 atom stereocenters. The minimum Gasteiger partial charge on any atom is -0.287 e. The van der Waals surface area contributed by atoms with E-state index in [9.17, 15) is 22.4 Å². The van der Waals surface area contributed by atoms with E-state index in [1.807, 2.05) is 0 Å².